The van der Waals surface area contributed by atoms with E-state index in [0.717, 1.165) is 0 Å². The van der Waals surface area contributed by atoms with Crippen molar-refractivity contribution in [3.8, 4) is 11.8 Å². The lowest BCUT2D eigenvalue weighted by Crippen LogP contribution is -2.41. The van der Waals surface area contributed by atoms with E-state index in [2.05, 4.69) is 16.9 Å². The van der Waals surface area contributed by atoms with Crippen LogP contribution in [-0.2, 0) is 15.9 Å². The molecular formula is C20H21BF2N2O2. The van der Waals surface area contributed by atoms with Crippen molar-refractivity contribution in [2.24, 2.45) is 0 Å². The van der Waals surface area contributed by atoms with Gasteiger partial charge in [-0.25, -0.2) is 8.78 Å². The molecule has 0 saturated carbocycles. The molecule has 27 heavy (non-hydrogen) atoms. The average molecular weight is 370 g/mol. The highest BCUT2D eigenvalue weighted by Crippen LogP contribution is 2.39. The van der Waals surface area contributed by atoms with Crippen molar-refractivity contribution in [1.29, 1.82) is 0 Å². The lowest BCUT2D eigenvalue weighted by molar-refractivity contribution is 0.00578. The molecule has 0 amide bonds. The van der Waals surface area contributed by atoms with Crippen LogP contribution < -0.4 is 0 Å². The molecule has 0 atom stereocenters. The summed E-state index contributed by atoms with van der Waals surface area (Å²) in [4.78, 5) is 0. The molecule has 7 heteroatoms. The molecule has 0 aliphatic carbocycles. The lowest BCUT2D eigenvalue weighted by Gasteiger charge is -2.32. The second-order valence-electron chi connectivity index (χ2n) is 7.35. The first kappa shape index (κ1) is 19.3. The van der Waals surface area contributed by atoms with Gasteiger partial charge in [0.05, 0.1) is 11.2 Å². The highest BCUT2D eigenvalue weighted by Gasteiger charge is 2.53. The summed E-state index contributed by atoms with van der Waals surface area (Å²) in [5.74, 6) is 5.41. The van der Waals surface area contributed by atoms with E-state index in [1.165, 1.54) is 24.3 Å². The van der Waals surface area contributed by atoms with Crippen LogP contribution in [0.3, 0.4) is 0 Å². The van der Waals surface area contributed by atoms with Gasteiger partial charge in [0.15, 0.2) is 0 Å². The number of benzene rings is 1. The van der Waals surface area contributed by atoms with Crippen LogP contribution in [0.15, 0.2) is 42.4 Å². The largest absolute Gasteiger partial charge is 0.525 e. The van der Waals surface area contributed by atoms with Crippen LogP contribution in [0.2, 0.25) is 0 Å². The molecule has 140 valence electrons. The highest BCUT2D eigenvalue weighted by atomic mass is 19.1. The van der Waals surface area contributed by atoms with E-state index >= 15 is 0 Å². The monoisotopic (exact) mass is 370 g/mol. The Hall–Kier alpha value is -2.43. The summed E-state index contributed by atoms with van der Waals surface area (Å²) in [5, 5.41) is 4.06. The summed E-state index contributed by atoms with van der Waals surface area (Å²) in [6, 6.07) is 5.85. The first-order chi connectivity index (χ1) is 12.7. The first-order valence-electron chi connectivity index (χ1n) is 8.66. The molecule has 1 aliphatic rings. The summed E-state index contributed by atoms with van der Waals surface area (Å²) >= 11 is 0. The van der Waals surface area contributed by atoms with E-state index in [0.29, 0.717) is 17.7 Å². The van der Waals surface area contributed by atoms with E-state index in [1.807, 2.05) is 27.7 Å². The van der Waals surface area contributed by atoms with E-state index in [1.54, 1.807) is 23.1 Å². The van der Waals surface area contributed by atoms with Crippen molar-refractivity contribution >= 4 is 13.2 Å². The fourth-order valence-electron chi connectivity index (χ4n) is 2.55. The van der Waals surface area contributed by atoms with Crippen LogP contribution >= 0.6 is 0 Å². The Balaban J connectivity index is 1.85. The number of nitrogens with zero attached hydrogens (tertiary/aromatic N) is 2. The normalized spacial score (nSPS) is 18.3. The molecule has 0 unspecified atom stereocenters. The van der Waals surface area contributed by atoms with Gasteiger partial charge in [-0.05, 0) is 63.6 Å². The minimum absolute atomic E-state index is 0.329. The zero-order valence-corrected chi connectivity index (χ0v) is 15.8. The topological polar surface area (TPSA) is 36.3 Å². The van der Waals surface area contributed by atoms with E-state index in [-0.39, 0.29) is 0 Å². The van der Waals surface area contributed by atoms with Crippen molar-refractivity contribution < 1.29 is 18.1 Å². The van der Waals surface area contributed by atoms with Crippen molar-refractivity contribution in [3.05, 3.63) is 59.3 Å². The molecule has 2 heterocycles. The fourth-order valence-corrected chi connectivity index (χ4v) is 2.55. The molecule has 0 N–H and O–H groups in total. The van der Waals surface area contributed by atoms with Crippen LogP contribution in [0.1, 0.15) is 38.8 Å². The van der Waals surface area contributed by atoms with Gasteiger partial charge < -0.3 is 9.31 Å². The molecule has 1 aromatic carbocycles. The zero-order chi connectivity index (χ0) is 19.7. The minimum atomic E-state index is -1.14. The van der Waals surface area contributed by atoms with Crippen molar-refractivity contribution in [2.45, 2.75) is 45.4 Å². The first-order valence-corrected chi connectivity index (χ1v) is 8.66. The SMILES string of the molecule is CC1(C)OB(C(F)=Cc2cc(F)ccc2C#CCn2cccn2)OC1(C)C. The smallest absolute Gasteiger partial charge is 0.398 e. The summed E-state index contributed by atoms with van der Waals surface area (Å²) in [6.07, 6.45) is 4.66. The van der Waals surface area contributed by atoms with E-state index in [4.69, 9.17) is 9.31 Å². The molecule has 1 aliphatic heterocycles. The zero-order valence-electron chi connectivity index (χ0n) is 15.8. The van der Waals surface area contributed by atoms with Gasteiger partial charge in [-0.15, -0.1) is 0 Å². The third kappa shape index (κ3) is 4.29. The van der Waals surface area contributed by atoms with Gasteiger partial charge in [0, 0.05) is 18.0 Å². The van der Waals surface area contributed by atoms with Gasteiger partial charge >= 0.3 is 7.12 Å². The van der Waals surface area contributed by atoms with Crippen molar-refractivity contribution in [3.63, 3.8) is 0 Å². The van der Waals surface area contributed by atoms with Crippen LogP contribution in [0, 0.1) is 17.7 Å². The Morgan fingerprint density at radius 1 is 1.26 bits per heavy atom. The fraction of sp³-hybridized carbons (Fsp3) is 0.350. The minimum Gasteiger partial charge on any atom is -0.398 e. The molecular weight excluding hydrogens is 349 g/mol. The van der Waals surface area contributed by atoms with Gasteiger partial charge in [-0.3, -0.25) is 4.68 Å². The molecule has 0 spiro atoms. The van der Waals surface area contributed by atoms with E-state index < -0.39 is 29.9 Å². The molecule has 1 aromatic heterocycles. The molecule has 0 bridgehead atoms. The van der Waals surface area contributed by atoms with Crippen LogP contribution in [-0.4, -0.2) is 28.1 Å². The number of hydrogen-bond donors (Lipinski definition) is 0. The van der Waals surface area contributed by atoms with Crippen LogP contribution in [0.4, 0.5) is 8.78 Å². The Morgan fingerprint density at radius 2 is 1.96 bits per heavy atom. The quantitative estimate of drug-likeness (QED) is 0.605. The predicted molar refractivity (Wildman–Crippen MR) is 101 cm³/mol. The Morgan fingerprint density at radius 3 is 2.59 bits per heavy atom. The molecule has 4 nitrogen and oxygen atoms in total. The highest BCUT2D eigenvalue weighted by molar-refractivity contribution is 6.54. The molecule has 1 saturated heterocycles. The second kappa shape index (κ2) is 7.30. The summed E-state index contributed by atoms with van der Waals surface area (Å²) < 4.78 is 41.5. The Bertz CT molecular complexity index is 896. The summed E-state index contributed by atoms with van der Waals surface area (Å²) in [7, 11) is -1.14. The molecule has 3 rings (SSSR count). The van der Waals surface area contributed by atoms with Crippen LogP contribution in [0.25, 0.3) is 6.08 Å². The predicted octanol–water partition coefficient (Wildman–Crippen LogP) is 4.02. The lowest BCUT2D eigenvalue weighted by atomic mass is 9.86. The number of aromatic nitrogens is 2. The number of halogens is 2. The summed E-state index contributed by atoms with van der Waals surface area (Å²) in [6.45, 7) is 7.75. The van der Waals surface area contributed by atoms with Gasteiger partial charge in [-0.1, -0.05) is 11.8 Å². The average Bonchev–Trinajstić information content (AvgIpc) is 3.16. The van der Waals surface area contributed by atoms with Crippen LogP contribution in [0.5, 0.6) is 0 Å². The maximum atomic E-state index is 14.8. The third-order valence-electron chi connectivity index (χ3n) is 4.81. The number of hydrogen-bond acceptors (Lipinski definition) is 3. The van der Waals surface area contributed by atoms with Crippen molar-refractivity contribution in [1.82, 2.24) is 9.78 Å². The van der Waals surface area contributed by atoms with E-state index in [9.17, 15) is 8.78 Å². The third-order valence-corrected chi connectivity index (χ3v) is 4.81. The maximum absolute atomic E-state index is 14.8. The molecule has 1 fully saturated rings. The number of rotatable bonds is 3. The standard InChI is InChI=1S/C20H21BF2N2O2/c1-19(2)20(3,4)27-21(26-19)18(23)14-16-13-17(22)9-8-15(16)7-5-11-25-12-6-10-24-25/h6,8-10,12-14H,11H2,1-4H3. The van der Waals surface area contributed by atoms with Gasteiger partial charge in [0.1, 0.15) is 18.1 Å². The summed E-state index contributed by atoms with van der Waals surface area (Å²) in [5.41, 5.74) is -1.10. The molecule has 2 aromatic rings. The van der Waals surface area contributed by atoms with Gasteiger partial charge in [-0.2, -0.15) is 5.10 Å². The Labute approximate surface area is 158 Å². The Kier molecular flexibility index (Phi) is 5.23. The van der Waals surface area contributed by atoms with Crippen molar-refractivity contribution in [2.75, 3.05) is 0 Å². The second-order valence-corrected chi connectivity index (χ2v) is 7.35. The van der Waals surface area contributed by atoms with Gasteiger partial charge in [0.2, 0.25) is 0 Å². The van der Waals surface area contributed by atoms with Gasteiger partial charge in [0.25, 0.3) is 0 Å². The maximum Gasteiger partial charge on any atom is 0.525 e. The molecule has 0 radical (unpaired) electrons.